The van der Waals surface area contributed by atoms with Gasteiger partial charge in [-0.1, -0.05) is 39.7 Å². The second-order valence-electron chi connectivity index (χ2n) is 9.03. The van der Waals surface area contributed by atoms with E-state index in [2.05, 4.69) is 26.0 Å². The summed E-state index contributed by atoms with van der Waals surface area (Å²) in [5.74, 6) is -0.605. The van der Waals surface area contributed by atoms with Crippen molar-refractivity contribution >= 4 is 67.3 Å². The van der Waals surface area contributed by atoms with Crippen LogP contribution >= 0.6 is 27.5 Å². The molecule has 41 heavy (non-hydrogen) atoms. The summed E-state index contributed by atoms with van der Waals surface area (Å²) in [5.41, 5.74) is 0.132. The van der Waals surface area contributed by atoms with Gasteiger partial charge in [0.05, 0.1) is 28.1 Å². The molecule has 0 saturated carbocycles. The molecular weight excluding hydrogens is 620 g/mol. The van der Waals surface area contributed by atoms with Crippen LogP contribution in [0.4, 0.5) is 5.69 Å². The predicted octanol–water partition coefficient (Wildman–Crippen LogP) is 6.35. The fourth-order valence-corrected chi connectivity index (χ4v) is 4.70. The van der Waals surface area contributed by atoms with Gasteiger partial charge < -0.3 is 13.9 Å². The van der Waals surface area contributed by atoms with Gasteiger partial charge >= 0.3 is 11.7 Å². The molecule has 0 fully saturated rings. The maximum absolute atomic E-state index is 13.6. The van der Waals surface area contributed by atoms with Crippen LogP contribution in [0.3, 0.4) is 0 Å². The Morgan fingerprint density at radius 2 is 2.00 bits per heavy atom. The Balaban J connectivity index is 1.66. The highest BCUT2D eigenvalue weighted by Gasteiger charge is 2.23. The third-order valence-electron chi connectivity index (χ3n) is 5.73. The van der Waals surface area contributed by atoms with E-state index < -0.39 is 34.9 Å². The Morgan fingerprint density at radius 1 is 1.22 bits per heavy atom. The lowest BCUT2D eigenvalue weighted by Crippen LogP contribution is -2.21. The van der Waals surface area contributed by atoms with E-state index in [0.29, 0.717) is 31.4 Å². The minimum absolute atomic E-state index is 0.0877. The molecule has 3 aromatic carbocycles. The fourth-order valence-electron chi connectivity index (χ4n) is 4.05. The van der Waals surface area contributed by atoms with E-state index in [0.717, 1.165) is 4.68 Å². The van der Waals surface area contributed by atoms with Gasteiger partial charge in [0.2, 0.25) is 11.6 Å². The largest absolute Gasteiger partial charge is 0.474 e. The first-order chi connectivity index (χ1) is 19.6. The Kier molecular flexibility index (Phi) is 7.86. The first-order valence-corrected chi connectivity index (χ1v) is 13.3. The van der Waals surface area contributed by atoms with Crippen molar-refractivity contribution in [3.63, 3.8) is 0 Å². The van der Waals surface area contributed by atoms with Crippen LogP contribution in [0.25, 0.3) is 33.5 Å². The molecule has 0 amide bonds. The molecule has 0 aliphatic heterocycles. The second kappa shape index (κ2) is 11.5. The third kappa shape index (κ3) is 5.98. The van der Waals surface area contributed by atoms with Crippen molar-refractivity contribution in [2.24, 2.45) is 5.10 Å². The van der Waals surface area contributed by atoms with Crippen LogP contribution in [0.1, 0.15) is 19.4 Å². The summed E-state index contributed by atoms with van der Waals surface area (Å²) in [6.07, 6.45) is 0.814. The molecule has 0 saturated heterocycles. The van der Waals surface area contributed by atoms with Gasteiger partial charge in [0, 0.05) is 26.5 Å². The molecule has 13 heteroatoms. The van der Waals surface area contributed by atoms with Gasteiger partial charge in [-0.25, -0.2) is 9.78 Å². The van der Waals surface area contributed by atoms with E-state index in [1.54, 1.807) is 62.4 Å². The van der Waals surface area contributed by atoms with E-state index in [-0.39, 0.29) is 22.9 Å². The molecular formula is C28H20BrClN4O7. The van der Waals surface area contributed by atoms with E-state index >= 15 is 0 Å². The van der Waals surface area contributed by atoms with E-state index in [1.165, 1.54) is 18.3 Å². The molecule has 2 aromatic heterocycles. The van der Waals surface area contributed by atoms with Crippen LogP contribution < -0.4 is 10.3 Å². The quantitative estimate of drug-likeness (QED) is 0.0829. The molecule has 0 radical (unpaired) electrons. The second-order valence-corrected chi connectivity index (χ2v) is 10.4. The van der Waals surface area contributed by atoms with Crippen LogP contribution in [0.15, 0.2) is 79.4 Å². The molecule has 0 unspecified atom stereocenters. The number of halogens is 2. The summed E-state index contributed by atoms with van der Waals surface area (Å²) in [5, 5.41) is 17.7. The third-order valence-corrected chi connectivity index (χ3v) is 6.42. The molecule has 0 aliphatic rings. The van der Waals surface area contributed by atoms with Crippen molar-refractivity contribution in [2.75, 3.05) is 6.61 Å². The number of esters is 1. The lowest BCUT2D eigenvalue weighted by molar-refractivity contribution is -0.385. The minimum atomic E-state index is -0.706. The first-order valence-electron chi connectivity index (χ1n) is 12.2. The lowest BCUT2D eigenvalue weighted by atomic mass is 10.2. The number of para-hydroxylation sites is 1. The number of hydrogen-bond acceptors (Lipinski definition) is 9. The number of nitrogens with zero attached hydrogens (tertiary/aromatic N) is 4. The van der Waals surface area contributed by atoms with Gasteiger partial charge in [-0.3, -0.25) is 14.9 Å². The number of benzene rings is 3. The van der Waals surface area contributed by atoms with Crippen molar-refractivity contribution < 1.29 is 23.6 Å². The Labute approximate surface area is 245 Å². The average Bonchev–Trinajstić information content (AvgIpc) is 3.34. The van der Waals surface area contributed by atoms with Gasteiger partial charge in [0.25, 0.3) is 5.56 Å². The van der Waals surface area contributed by atoms with Crippen LogP contribution in [-0.2, 0) is 9.53 Å². The zero-order valence-electron chi connectivity index (χ0n) is 21.5. The number of fused-ring (bicyclic) bond motifs is 2. The standard InChI is InChI=1S/C28H20BrClN4O7/c1-15(2)40-25(35)14-39-26-17(9-18(29)12-22(26)34(37)38)13-31-33-27(32-21-6-4-3-5-20(21)28(33)36)24-11-16-10-19(30)7-8-23(16)41-24/h3-13,15H,14H2,1-2H3. The highest BCUT2D eigenvalue weighted by molar-refractivity contribution is 9.10. The summed E-state index contributed by atoms with van der Waals surface area (Å²) in [6.45, 7) is 2.76. The molecule has 5 rings (SSSR count). The summed E-state index contributed by atoms with van der Waals surface area (Å²) < 4.78 is 18.0. The van der Waals surface area contributed by atoms with Gasteiger partial charge in [-0.05, 0) is 56.3 Å². The molecule has 0 aliphatic carbocycles. The van der Waals surface area contributed by atoms with E-state index in [4.69, 9.17) is 25.5 Å². The Hall–Kier alpha value is -4.55. The molecule has 0 atom stereocenters. The number of carbonyl (C=O) groups is 1. The SMILES string of the molecule is CC(C)OC(=O)COc1c(C=Nn2c(-c3cc4cc(Cl)ccc4o3)nc3ccccc3c2=O)cc(Br)cc1[N+](=O)[O-]. The molecule has 11 nitrogen and oxygen atoms in total. The van der Waals surface area contributed by atoms with Crippen molar-refractivity contribution in [3.8, 4) is 17.3 Å². The normalized spacial score (nSPS) is 11.5. The summed E-state index contributed by atoms with van der Waals surface area (Å²) in [4.78, 5) is 41.5. The zero-order valence-corrected chi connectivity index (χ0v) is 23.9. The number of carbonyl (C=O) groups excluding carboxylic acids is 1. The Morgan fingerprint density at radius 3 is 2.76 bits per heavy atom. The highest BCUT2D eigenvalue weighted by Crippen LogP contribution is 2.34. The van der Waals surface area contributed by atoms with Crippen molar-refractivity contribution in [1.29, 1.82) is 0 Å². The molecule has 2 heterocycles. The van der Waals surface area contributed by atoms with Crippen LogP contribution in [0.2, 0.25) is 5.02 Å². The van der Waals surface area contributed by atoms with Gasteiger partial charge in [0.1, 0.15) is 5.58 Å². The number of ether oxygens (including phenoxy) is 2. The predicted molar refractivity (Wildman–Crippen MR) is 157 cm³/mol. The molecule has 208 valence electrons. The Bertz CT molecular complexity index is 1920. The molecule has 0 spiro atoms. The molecule has 0 N–H and O–H groups in total. The summed E-state index contributed by atoms with van der Waals surface area (Å²) >= 11 is 9.39. The fraction of sp³-hybridized carbons (Fsp3) is 0.143. The number of nitro benzene ring substituents is 1. The van der Waals surface area contributed by atoms with Gasteiger partial charge in [0.15, 0.2) is 12.4 Å². The minimum Gasteiger partial charge on any atom is -0.474 e. The highest BCUT2D eigenvalue weighted by atomic mass is 79.9. The van der Waals surface area contributed by atoms with E-state index in [1.807, 2.05) is 0 Å². The topological polar surface area (TPSA) is 139 Å². The number of aromatic nitrogens is 2. The number of hydrogen-bond donors (Lipinski definition) is 0. The average molecular weight is 640 g/mol. The van der Waals surface area contributed by atoms with Crippen molar-refractivity contribution in [2.45, 2.75) is 20.0 Å². The van der Waals surface area contributed by atoms with Crippen LogP contribution in [0, 0.1) is 10.1 Å². The monoisotopic (exact) mass is 638 g/mol. The van der Waals surface area contributed by atoms with E-state index in [9.17, 15) is 19.7 Å². The first kappa shape index (κ1) is 28.0. The van der Waals surface area contributed by atoms with Crippen molar-refractivity contribution in [1.82, 2.24) is 9.66 Å². The zero-order chi connectivity index (χ0) is 29.3. The van der Waals surface area contributed by atoms with Crippen molar-refractivity contribution in [3.05, 3.63) is 96.2 Å². The lowest BCUT2D eigenvalue weighted by Gasteiger charge is -2.12. The maximum Gasteiger partial charge on any atom is 0.344 e. The summed E-state index contributed by atoms with van der Waals surface area (Å²) in [7, 11) is 0. The number of rotatable bonds is 8. The van der Waals surface area contributed by atoms with Crippen LogP contribution in [-0.4, -0.2) is 39.5 Å². The molecule has 0 bridgehead atoms. The maximum atomic E-state index is 13.6. The molecule has 5 aromatic rings. The number of nitro groups is 1. The van der Waals surface area contributed by atoms with Crippen LogP contribution in [0.5, 0.6) is 5.75 Å². The smallest absolute Gasteiger partial charge is 0.344 e. The van der Waals surface area contributed by atoms with Gasteiger partial charge in [-0.15, -0.1) is 0 Å². The summed E-state index contributed by atoms with van der Waals surface area (Å²) in [6, 6.07) is 16.2. The van der Waals surface area contributed by atoms with Gasteiger partial charge in [-0.2, -0.15) is 9.78 Å². The number of furan rings is 1.